The van der Waals surface area contributed by atoms with E-state index in [1.54, 1.807) is 0 Å². The molecule has 0 aliphatic carbocycles. The van der Waals surface area contributed by atoms with Crippen LogP contribution in [0.5, 0.6) is 0 Å². The molecule has 0 spiro atoms. The molecule has 1 amide bonds. The summed E-state index contributed by atoms with van der Waals surface area (Å²) in [5.74, 6) is -0.208. The number of ether oxygens (including phenoxy) is 1. The minimum Gasteiger partial charge on any atom is -0.381 e. The van der Waals surface area contributed by atoms with Crippen LogP contribution in [0.2, 0.25) is 0 Å². The first-order valence-electron chi connectivity index (χ1n) is 7.15. The van der Waals surface area contributed by atoms with Crippen molar-refractivity contribution in [2.45, 2.75) is 32.1 Å². The van der Waals surface area contributed by atoms with Gasteiger partial charge in [0.05, 0.1) is 0 Å². The maximum absolute atomic E-state index is 13.1. The maximum atomic E-state index is 13.1. The zero-order valence-electron chi connectivity index (χ0n) is 12.1. The molecule has 4 heteroatoms. The van der Waals surface area contributed by atoms with E-state index in [1.165, 1.54) is 12.1 Å². The van der Waals surface area contributed by atoms with E-state index in [9.17, 15) is 9.18 Å². The molecule has 20 heavy (non-hydrogen) atoms. The molecular formula is C16H22FNO2. The van der Waals surface area contributed by atoms with Gasteiger partial charge in [-0.2, -0.15) is 0 Å². The highest BCUT2D eigenvalue weighted by molar-refractivity contribution is 5.77. The summed E-state index contributed by atoms with van der Waals surface area (Å²) < 4.78 is 18.5. The van der Waals surface area contributed by atoms with Crippen molar-refractivity contribution < 1.29 is 13.9 Å². The molecule has 0 aromatic heterocycles. The highest BCUT2D eigenvalue weighted by Crippen LogP contribution is 2.34. The molecule has 1 aromatic carbocycles. The first kappa shape index (κ1) is 15.0. The topological polar surface area (TPSA) is 38.3 Å². The van der Waals surface area contributed by atoms with Gasteiger partial charge >= 0.3 is 0 Å². The van der Waals surface area contributed by atoms with Crippen molar-refractivity contribution in [1.82, 2.24) is 5.32 Å². The maximum Gasteiger partial charge on any atom is 0.222 e. The van der Waals surface area contributed by atoms with Crippen molar-refractivity contribution in [2.75, 3.05) is 19.8 Å². The second-order valence-electron chi connectivity index (χ2n) is 5.77. The number of rotatable bonds is 4. The molecule has 1 aromatic rings. The van der Waals surface area contributed by atoms with Crippen LogP contribution < -0.4 is 5.32 Å². The lowest BCUT2D eigenvalue weighted by Gasteiger charge is -2.38. The van der Waals surface area contributed by atoms with E-state index in [0.717, 1.165) is 18.4 Å². The Morgan fingerprint density at radius 3 is 2.45 bits per heavy atom. The Labute approximate surface area is 119 Å². The molecule has 1 fully saturated rings. The van der Waals surface area contributed by atoms with Crippen molar-refractivity contribution in [1.29, 1.82) is 0 Å². The van der Waals surface area contributed by atoms with Crippen LogP contribution in [-0.2, 0) is 14.9 Å². The molecule has 3 nitrogen and oxygen atoms in total. The quantitative estimate of drug-likeness (QED) is 0.920. The van der Waals surface area contributed by atoms with E-state index in [1.807, 2.05) is 26.0 Å². The van der Waals surface area contributed by atoms with Gasteiger partial charge in [-0.3, -0.25) is 4.79 Å². The number of halogens is 1. The summed E-state index contributed by atoms with van der Waals surface area (Å²) in [5.41, 5.74) is 0.933. The minimum absolute atomic E-state index is 0.0277. The van der Waals surface area contributed by atoms with Gasteiger partial charge in [-0.05, 0) is 30.5 Å². The molecule has 0 bridgehead atoms. The average Bonchev–Trinajstić information content (AvgIpc) is 2.46. The number of hydrogen-bond donors (Lipinski definition) is 1. The van der Waals surface area contributed by atoms with Crippen LogP contribution in [0.15, 0.2) is 24.3 Å². The summed E-state index contributed by atoms with van der Waals surface area (Å²) in [5, 5.41) is 3.02. The van der Waals surface area contributed by atoms with Gasteiger partial charge in [0.2, 0.25) is 5.91 Å². The van der Waals surface area contributed by atoms with Crippen LogP contribution in [-0.4, -0.2) is 25.7 Å². The molecular weight excluding hydrogens is 257 g/mol. The van der Waals surface area contributed by atoms with E-state index in [4.69, 9.17) is 4.74 Å². The standard InChI is InChI=1S/C16H22FNO2/c1-12(2)15(19)18-11-16(7-9-20-10-8-16)13-3-5-14(17)6-4-13/h3-6,12H,7-11H2,1-2H3,(H,18,19). The summed E-state index contributed by atoms with van der Waals surface area (Å²) in [7, 11) is 0. The Balaban J connectivity index is 2.17. The van der Waals surface area contributed by atoms with Crippen molar-refractivity contribution in [3.8, 4) is 0 Å². The van der Waals surface area contributed by atoms with Gasteiger partial charge in [-0.25, -0.2) is 4.39 Å². The molecule has 1 aliphatic heterocycles. The number of amides is 1. The van der Waals surface area contributed by atoms with Crippen molar-refractivity contribution in [3.63, 3.8) is 0 Å². The summed E-state index contributed by atoms with van der Waals surface area (Å²) in [6.07, 6.45) is 1.69. The monoisotopic (exact) mass is 279 g/mol. The third-order valence-corrected chi connectivity index (χ3v) is 4.03. The molecule has 110 valence electrons. The summed E-state index contributed by atoms with van der Waals surface area (Å²) in [6.45, 7) is 5.69. The van der Waals surface area contributed by atoms with Crippen LogP contribution >= 0.6 is 0 Å². The number of carbonyl (C=O) groups excluding carboxylic acids is 1. The second kappa shape index (κ2) is 6.35. The normalized spacial score (nSPS) is 18.0. The van der Waals surface area contributed by atoms with Gasteiger partial charge in [-0.15, -0.1) is 0 Å². The zero-order chi connectivity index (χ0) is 14.6. The molecule has 1 aliphatic rings. The molecule has 1 saturated heterocycles. The summed E-state index contributed by atoms with van der Waals surface area (Å²) in [6, 6.07) is 6.61. The van der Waals surface area contributed by atoms with Crippen LogP contribution in [0.1, 0.15) is 32.3 Å². The molecule has 2 rings (SSSR count). The Hall–Kier alpha value is -1.42. The van der Waals surface area contributed by atoms with Gasteiger partial charge in [0, 0.05) is 31.1 Å². The second-order valence-corrected chi connectivity index (χ2v) is 5.77. The Morgan fingerprint density at radius 2 is 1.90 bits per heavy atom. The molecule has 0 radical (unpaired) electrons. The zero-order valence-corrected chi connectivity index (χ0v) is 12.1. The van der Waals surface area contributed by atoms with E-state index < -0.39 is 0 Å². The highest BCUT2D eigenvalue weighted by atomic mass is 19.1. The van der Waals surface area contributed by atoms with Gasteiger partial charge in [0.1, 0.15) is 5.82 Å². The number of carbonyl (C=O) groups is 1. The predicted molar refractivity (Wildman–Crippen MR) is 76.0 cm³/mol. The lowest BCUT2D eigenvalue weighted by molar-refractivity contribution is -0.124. The third-order valence-electron chi connectivity index (χ3n) is 4.03. The van der Waals surface area contributed by atoms with Gasteiger partial charge in [0.15, 0.2) is 0 Å². The average molecular weight is 279 g/mol. The Kier molecular flexibility index (Phi) is 4.76. The molecule has 1 heterocycles. The highest BCUT2D eigenvalue weighted by Gasteiger charge is 2.35. The van der Waals surface area contributed by atoms with Crippen molar-refractivity contribution in [2.24, 2.45) is 5.92 Å². The van der Waals surface area contributed by atoms with Crippen LogP contribution in [0, 0.1) is 11.7 Å². The fourth-order valence-electron chi connectivity index (χ4n) is 2.59. The Morgan fingerprint density at radius 1 is 1.30 bits per heavy atom. The van der Waals surface area contributed by atoms with E-state index in [2.05, 4.69) is 5.32 Å². The van der Waals surface area contributed by atoms with Gasteiger partial charge in [0.25, 0.3) is 0 Å². The largest absolute Gasteiger partial charge is 0.381 e. The molecule has 1 N–H and O–H groups in total. The summed E-state index contributed by atoms with van der Waals surface area (Å²) >= 11 is 0. The lowest BCUT2D eigenvalue weighted by atomic mass is 9.74. The fourth-order valence-corrected chi connectivity index (χ4v) is 2.59. The Bertz CT molecular complexity index is 450. The first-order valence-corrected chi connectivity index (χ1v) is 7.15. The van der Waals surface area contributed by atoms with Crippen LogP contribution in [0.3, 0.4) is 0 Å². The van der Waals surface area contributed by atoms with E-state index >= 15 is 0 Å². The van der Waals surface area contributed by atoms with Crippen LogP contribution in [0.25, 0.3) is 0 Å². The SMILES string of the molecule is CC(C)C(=O)NCC1(c2ccc(F)cc2)CCOCC1. The fraction of sp³-hybridized carbons (Fsp3) is 0.562. The predicted octanol–water partition coefficient (Wildman–Crippen LogP) is 2.65. The summed E-state index contributed by atoms with van der Waals surface area (Å²) in [4.78, 5) is 11.8. The first-order chi connectivity index (χ1) is 9.53. The minimum atomic E-state index is -0.234. The van der Waals surface area contributed by atoms with E-state index in [-0.39, 0.29) is 23.1 Å². The van der Waals surface area contributed by atoms with Gasteiger partial charge in [-0.1, -0.05) is 26.0 Å². The van der Waals surface area contributed by atoms with Crippen molar-refractivity contribution in [3.05, 3.63) is 35.6 Å². The third kappa shape index (κ3) is 3.37. The number of nitrogens with one attached hydrogen (secondary N) is 1. The van der Waals surface area contributed by atoms with Crippen molar-refractivity contribution >= 4 is 5.91 Å². The van der Waals surface area contributed by atoms with Gasteiger partial charge < -0.3 is 10.1 Å². The molecule has 0 unspecified atom stereocenters. The molecule has 0 atom stereocenters. The number of hydrogen-bond acceptors (Lipinski definition) is 2. The van der Waals surface area contributed by atoms with E-state index in [0.29, 0.717) is 19.8 Å². The molecule has 0 saturated carbocycles. The smallest absolute Gasteiger partial charge is 0.222 e. The number of benzene rings is 1. The van der Waals surface area contributed by atoms with Crippen LogP contribution in [0.4, 0.5) is 4.39 Å². The lowest BCUT2D eigenvalue weighted by Crippen LogP contribution is -2.45.